The minimum atomic E-state index is -0.988. The van der Waals surface area contributed by atoms with Crippen molar-refractivity contribution in [1.29, 1.82) is 0 Å². The number of nitrogens with two attached hydrogens (primary N) is 1. The largest absolute Gasteiger partial charge is 0.480 e. The number of benzene rings is 1. The number of nitrogens with zero attached hydrogens (tertiary/aromatic N) is 2. The number of carbonyl (C=O) groups is 1. The molecular formula is C12H13N3O2. The molecule has 5 nitrogen and oxygen atoms in total. The molecule has 0 aliphatic rings. The number of imidazole rings is 1. The fraction of sp³-hybridized carbons (Fsp3) is 0.167. The van der Waals surface area contributed by atoms with Gasteiger partial charge in [-0.15, -0.1) is 0 Å². The predicted molar refractivity (Wildman–Crippen MR) is 62.9 cm³/mol. The van der Waals surface area contributed by atoms with Crippen LogP contribution in [0.2, 0.25) is 0 Å². The molecule has 0 aliphatic carbocycles. The van der Waals surface area contributed by atoms with Gasteiger partial charge in [0.1, 0.15) is 6.04 Å². The Morgan fingerprint density at radius 3 is 3.00 bits per heavy atom. The summed E-state index contributed by atoms with van der Waals surface area (Å²) in [6.45, 7) is 0. The Labute approximate surface area is 98.5 Å². The number of hydrogen-bond donors (Lipinski definition) is 2. The summed E-state index contributed by atoms with van der Waals surface area (Å²) in [5.41, 5.74) is 7.34. The van der Waals surface area contributed by atoms with E-state index in [0.29, 0.717) is 6.42 Å². The van der Waals surface area contributed by atoms with Crippen LogP contribution in [0.4, 0.5) is 0 Å². The van der Waals surface area contributed by atoms with Crippen LogP contribution >= 0.6 is 0 Å². The van der Waals surface area contributed by atoms with Crippen molar-refractivity contribution in [3.05, 3.63) is 48.5 Å². The molecule has 0 amide bonds. The number of aliphatic carboxylic acids is 1. The van der Waals surface area contributed by atoms with E-state index < -0.39 is 12.0 Å². The van der Waals surface area contributed by atoms with Gasteiger partial charge >= 0.3 is 5.97 Å². The third-order valence-electron chi connectivity index (χ3n) is 2.49. The van der Waals surface area contributed by atoms with Crippen molar-refractivity contribution >= 4 is 5.97 Å². The van der Waals surface area contributed by atoms with Crippen molar-refractivity contribution in [2.45, 2.75) is 12.5 Å². The molecule has 3 N–H and O–H groups in total. The Balaban J connectivity index is 2.20. The van der Waals surface area contributed by atoms with Gasteiger partial charge in [0, 0.05) is 18.1 Å². The van der Waals surface area contributed by atoms with Crippen LogP contribution in [0.15, 0.2) is 43.0 Å². The maximum absolute atomic E-state index is 10.7. The zero-order valence-corrected chi connectivity index (χ0v) is 9.15. The SMILES string of the molecule is NC(Cc1cccc(-n2ccnc2)c1)C(=O)O. The maximum Gasteiger partial charge on any atom is 0.320 e. The van der Waals surface area contributed by atoms with E-state index in [1.165, 1.54) is 0 Å². The lowest BCUT2D eigenvalue weighted by Gasteiger charge is -2.08. The lowest BCUT2D eigenvalue weighted by molar-refractivity contribution is -0.138. The summed E-state index contributed by atoms with van der Waals surface area (Å²) in [6.07, 6.45) is 5.53. The van der Waals surface area contributed by atoms with Crippen molar-refractivity contribution < 1.29 is 9.90 Å². The van der Waals surface area contributed by atoms with E-state index in [4.69, 9.17) is 10.8 Å². The lowest BCUT2D eigenvalue weighted by Crippen LogP contribution is -2.32. The fourth-order valence-corrected chi connectivity index (χ4v) is 1.60. The molecule has 0 fully saturated rings. The van der Waals surface area contributed by atoms with Gasteiger partial charge in [0.2, 0.25) is 0 Å². The predicted octanol–water partition coefficient (Wildman–Crippen LogP) is 0.827. The molecule has 1 atom stereocenters. The fourth-order valence-electron chi connectivity index (χ4n) is 1.60. The van der Waals surface area contributed by atoms with Gasteiger partial charge < -0.3 is 15.4 Å². The van der Waals surface area contributed by atoms with Crippen molar-refractivity contribution in [1.82, 2.24) is 9.55 Å². The first-order chi connectivity index (χ1) is 8.16. The van der Waals surface area contributed by atoms with Crippen LogP contribution in [-0.2, 0) is 11.2 Å². The first-order valence-electron chi connectivity index (χ1n) is 5.22. The van der Waals surface area contributed by atoms with Gasteiger partial charge in [0.05, 0.1) is 6.33 Å². The second-order valence-electron chi connectivity index (χ2n) is 3.79. The molecule has 2 rings (SSSR count). The molecule has 0 bridgehead atoms. The maximum atomic E-state index is 10.7. The molecule has 1 aromatic heterocycles. The summed E-state index contributed by atoms with van der Waals surface area (Å²) in [5, 5.41) is 8.76. The van der Waals surface area contributed by atoms with Gasteiger partial charge in [-0.3, -0.25) is 4.79 Å². The molecule has 1 unspecified atom stereocenters. The first kappa shape index (κ1) is 11.3. The number of carboxylic acids is 1. The molecule has 2 aromatic rings. The molecule has 0 saturated heterocycles. The third-order valence-corrected chi connectivity index (χ3v) is 2.49. The minimum absolute atomic E-state index is 0.317. The molecule has 1 heterocycles. The zero-order chi connectivity index (χ0) is 12.3. The van der Waals surface area contributed by atoms with E-state index in [1.54, 1.807) is 12.5 Å². The Kier molecular flexibility index (Phi) is 3.20. The number of aromatic nitrogens is 2. The molecule has 0 aliphatic heterocycles. The van der Waals surface area contributed by atoms with E-state index in [1.807, 2.05) is 35.0 Å². The van der Waals surface area contributed by atoms with Crippen LogP contribution in [0, 0.1) is 0 Å². The van der Waals surface area contributed by atoms with Crippen LogP contribution in [-0.4, -0.2) is 26.7 Å². The first-order valence-corrected chi connectivity index (χ1v) is 5.22. The molecule has 0 spiro atoms. The van der Waals surface area contributed by atoms with Crippen LogP contribution in [0.25, 0.3) is 5.69 Å². The Bertz CT molecular complexity index is 508. The van der Waals surface area contributed by atoms with Gasteiger partial charge in [-0.25, -0.2) is 4.98 Å². The summed E-state index contributed by atoms with van der Waals surface area (Å²) in [4.78, 5) is 14.6. The van der Waals surface area contributed by atoms with Gasteiger partial charge in [-0.2, -0.15) is 0 Å². The highest BCUT2D eigenvalue weighted by molar-refractivity contribution is 5.73. The Hall–Kier alpha value is -2.14. The standard InChI is InChI=1S/C12H13N3O2/c13-11(12(16)17)7-9-2-1-3-10(6-9)15-5-4-14-8-15/h1-6,8,11H,7,13H2,(H,16,17). The summed E-state index contributed by atoms with van der Waals surface area (Å²) in [5.74, 6) is -0.988. The normalized spacial score (nSPS) is 12.3. The Morgan fingerprint density at radius 2 is 2.35 bits per heavy atom. The summed E-state index contributed by atoms with van der Waals surface area (Å²) in [6, 6.07) is 6.71. The molecule has 0 radical (unpaired) electrons. The highest BCUT2D eigenvalue weighted by Gasteiger charge is 2.12. The summed E-state index contributed by atoms with van der Waals surface area (Å²) in [7, 11) is 0. The van der Waals surface area contributed by atoms with Crippen LogP contribution in [0.1, 0.15) is 5.56 Å². The molecule has 1 aromatic carbocycles. The topological polar surface area (TPSA) is 81.1 Å². The van der Waals surface area contributed by atoms with Gasteiger partial charge in [-0.05, 0) is 24.1 Å². The monoisotopic (exact) mass is 231 g/mol. The second kappa shape index (κ2) is 4.80. The quantitative estimate of drug-likeness (QED) is 0.816. The molecule has 5 heteroatoms. The zero-order valence-electron chi connectivity index (χ0n) is 9.15. The number of hydrogen-bond acceptors (Lipinski definition) is 3. The highest BCUT2D eigenvalue weighted by Crippen LogP contribution is 2.11. The van der Waals surface area contributed by atoms with Crippen molar-refractivity contribution in [2.24, 2.45) is 5.73 Å². The molecular weight excluding hydrogens is 218 g/mol. The van der Waals surface area contributed by atoms with Gasteiger partial charge in [-0.1, -0.05) is 12.1 Å². The third kappa shape index (κ3) is 2.70. The summed E-state index contributed by atoms with van der Waals surface area (Å²) >= 11 is 0. The van der Waals surface area contributed by atoms with E-state index in [-0.39, 0.29) is 0 Å². The van der Waals surface area contributed by atoms with Crippen LogP contribution < -0.4 is 5.73 Å². The Morgan fingerprint density at radius 1 is 1.53 bits per heavy atom. The van der Waals surface area contributed by atoms with E-state index in [0.717, 1.165) is 11.3 Å². The second-order valence-corrected chi connectivity index (χ2v) is 3.79. The minimum Gasteiger partial charge on any atom is -0.480 e. The van der Waals surface area contributed by atoms with E-state index >= 15 is 0 Å². The van der Waals surface area contributed by atoms with Gasteiger partial charge in [0.15, 0.2) is 0 Å². The van der Waals surface area contributed by atoms with Gasteiger partial charge in [0.25, 0.3) is 0 Å². The molecule has 0 saturated carbocycles. The number of carboxylic acid groups (broad SMARTS) is 1. The molecule has 88 valence electrons. The summed E-state index contributed by atoms with van der Waals surface area (Å²) < 4.78 is 1.86. The van der Waals surface area contributed by atoms with E-state index in [9.17, 15) is 4.79 Å². The van der Waals surface area contributed by atoms with Crippen LogP contribution in [0.3, 0.4) is 0 Å². The average Bonchev–Trinajstić information content (AvgIpc) is 2.82. The van der Waals surface area contributed by atoms with Crippen molar-refractivity contribution in [2.75, 3.05) is 0 Å². The van der Waals surface area contributed by atoms with Crippen molar-refractivity contribution in [3.8, 4) is 5.69 Å². The van der Waals surface area contributed by atoms with Crippen molar-refractivity contribution in [3.63, 3.8) is 0 Å². The molecule has 17 heavy (non-hydrogen) atoms. The smallest absolute Gasteiger partial charge is 0.320 e. The van der Waals surface area contributed by atoms with E-state index in [2.05, 4.69) is 4.98 Å². The van der Waals surface area contributed by atoms with Crippen LogP contribution in [0.5, 0.6) is 0 Å². The lowest BCUT2D eigenvalue weighted by atomic mass is 10.1. The average molecular weight is 231 g/mol. The highest BCUT2D eigenvalue weighted by atomic mass is 16.4. The number of rotatable bonds is 4.